The second kappa shape index (κ2) is 2.67. The van der Waals surface area contributed by atoms with Crippen LogP contribution in [-0.2, 0) is 10.7 Å². The fourth-order valence-electron chi connectivity index (χ4n) is 1.02. The summed E-state index contributed by atoms with van der Waals surface area (Å²) in [5.41, 5.74) is 1.04. The first-order chi connectivity index (χ1) is 5.00. The van der Waals surface area contributed by atoms with Gasteiger partial charge in [-0.25, -0.2) is 5.11 Å². The predicted octanol–water partition coefficient (Wildman–Crippen LogP) is 2.66. The van der Waals surface area contributed by atoms with Crippen LogP contribution in [-0.4, -0.2) is 0 Å². The highest BCUT2D eigenvalue weighted by atomic mass is 16.3. The van der Waals surface area contributed by atoms with Crippen LogP contribution in [0, 0.1) is 6.92 Å². The summed E-state index contributed by atoms with van der Waals surface area (Å²) in [5, 5.41) is 11.5. The molecule has 0 saturated carbocycles. The quantitative estimate of drug-likeness (QED) is 0.585. The molecule has 0 fully saturated rings. The summed E-state index contributed by atoms with van der Waals surface area (Å²) in [6, 6.07) is 7.73. The van der Waals surface area contributed by atoms with Gasteiger partial charge >= 0.3 is 0 Å². The third-order valence-electron chi connectivity index (χ3n) is 1.71. The van der Waals surface area contributed by atoms with Gasteiger partial charge in [-0.2, -0.15) is 0 Å². The van der Waals surface area contributed by atoms with E-state index in [0.29, 0.717) is 0 Å². The van der Waals surface area contributed by atoms with Crippen molar-refractivity contribution >= 4 is 0 Å². The largest absolute Gasteiger partial charge is 0.225 e. The summed E-state index contributed by atoms with van der Waals surface area (Å²) in [6.45, 7) is 5.36. The van der Waals surface area contributed by atoms with Crippen LogP contribution in [0.5, 0.6) is 0 Å². The molecular weight excluding hydrogens is 136 g/mol. The Kier molecular flexibility index (Phi) is 2.01. The Morgan fingerprint density at radius 2 is 1.91 bits per heavy atom. The van der Waals surface area contributed by atoms with Gasteiger partial charge in [0.05, 0.1) is 0 Å². The molecule has 1 radical (unpaired) electrons. The highest BCUT2D eigenvalue weighted by molar-refractivity contribution is 5.26. The molecule has 0 unspecified atom stereocenters. The molecule has 0 aliphatic heterocycles. The molecular formula is C10H13O. The third-order valence-corrected chi connectivity index (χ3v) is 1.71. The van der Waals surface area contributed by atoms with Crippen LogP contribution in [0.4, 0.5) is 0 Å². The van der Waals surface area contributed by atoms with Gasteiger partial charge in [0.1, 0.15) is 5.60 Å². The Bertz CT molecular complexity index is 245. The number of hydrogen-bond donors (Lipinski definition) is 0. The maximum atomic E-state index is 11.5. The molecule has 0 aliphatic carbocycles. The van der Waals surface area contributed by atoms with Gasteiger partial charge < -0.3 is 0 Å². The van der Waals surface area contributed by atoms with Crippen molar-refractivity contribution in [2.24, 2.45) is 0 Å². The minimum absolute atomic E-state index is 0.859. The lowest BCUT2D eigenvalue weighted by atomic mass is 9.97. The number of hydrogen-bond acceptors (Lipinski definition) is 0. The average molecular weight is 149 g/mol. The standard InChI is InChI=1S/C10H13O/c1-8-5-4-6-9(7-8)10(2,3)11/h4-7H,1-3H3. The van der Waals surface area contributed by atoms with Crippen molar-refractivity contribution in [1.82, 2.24) is 0 Å². The molecule has 0 aliphatic rings. The summed E-state index contributed by atoms with van der Waals surface area (Å²) >= 11 is 0. The van der Waals surface area contributed by atoms with E-state index in [1.165, 1.54) is 0 Å². The van der Waals surface area contributed by atoms with Gasteiger partial charge in [-0.05, 0) is 26.3 Å². The lowest BCUT2D eigenvalue weighted by molar-refractivity contribution is -0.000146. The number of benzene rings is 1. The molecule has 0 aromatic heterocycles. The first-order valence-corrected chi connectivity index (χ1v) is 3.78. The molecule has 0 spiro atoms. The zero-order valence-corrected chi connectivity index (χ0v) is 7.22. The highest BCUT2D eigenvalue weighted by Gasteiger charge is 2.17. The molecule has 0 N–H and O–H groups in total. The predicted molar refractivity (Wildman–Crippen MR) is 44.9 cm³/mol. The summed E-state index contributed by atoms with van der Waals surface area (Å²) in [7, 11) is 0. The molecule has 0 bridgehead atoms. The van der Waals surface area contributed by atoms with Gasteiger partial charge in [0.2, 0.25) is 0 Å². The molecule has 0 heterocycles. The van der Waals surface area contributed by atoms with Crippen molar-refractivity contribution in [1.29, 1.82) is 0 Å². The van der Waals surface area contributed by atoms with E-state index in [1.807, 2.05) is 31.2 Å². The van der Waals surface area contributed by atoms with Gasteiger partial charge in [0, 0.05) is 0 Å². The zero-order chi connectivity index (χ0) is 8.48. The second-order valence-electron chi connectivity index (χ2n) is 3.38. The van der Waals surface area contributed by atoms with Crippen LogP contribution in [0.15, 0.2) is 24.3 Å². The summed E-state index contributed by atoms with van der Waals surface area (Å²) in [4.78, 5) is 0. The Morgan fingerprint density at radius 3 is 2.27 bits per heavy atom. The molecule has 1 nitrogen and oxygen atoms in total. The fourth-order valence-corrected chi connectivity index (χ4v) is 1.02. The van der Waals surface area contributed by atoms with Gasteiger partial charge in [0.15, 0.2) is 0 Å². The van der Waals surface area contributed by atoms with Gasteiger partial charge in [-0.1, -0.05) is 29.8 Å². The van der Waals surface area contributed by atoms with Crippen molar-refractivity contribution in [3.63, 3.8) is 0 Å². The van der Waals surface area contributed by atoms with E-state index in [0.717, 1.165) is 11.1 Å². The minimum Gasteiger partial charge on any atom is -0.225 e. The minimum atomic E-state index is -0.966. The van der Waals surface area contributed by atoms with E-state index in [1.54, 1.807) is 13.8 Å². The van der Waals surface area contributed by atoms with Crippen molar-refractivity contribution in [3.8, 4) is 0 Å². The maximum Gasteiger partial charge on any atom is 0.123 e. The summed E-state index contributed by atoms with van der Waals surface area (Å²) in [5.74, 6) is 0. The topological polar surface area (TPSA) is 19.9 Å². The van der Waals surface area contributed by atoms with E-state index in [-0.39, 0.29) is 0 Å². The first-order valence-electron chi connectivity index (χ1n) is 3.78. The van der Waals surface area contributed by atoms with Crippen molar-refractivity contribution < 1.29 is 5.11 Å². The highest BCUT2D eigenvalue weighted by Crippen LogP contribution is 2.20. The molecule has 1 heteroatoms. The van der Waals surface area contributed by atoms with E-state index >= 15 is 0 Å². The van der Waals surface area contributed by atoms with E-state index in [2.05, 4.69) is 0 Å². The molecule has 0 saturated heterocycles. The molecule has 0 amide bonds. The normalized spacial score (nSPS) is 11.6. The molecule has 1 rings (SSSR count). The van der Waals surface area contributed by atoms with Crippen LogP contribution in [0.2, 0.25) is 0 Å². The Balaban J connectivity index is 3.06. The number of rotatable bonds is 1. The van der Waals surface area contributed by atoms with Crippen molar-refractivity contribution in [2.45, 2.75) is 26.4 Å². The Hall–Kier alpha value is -0.820. The SMILES string of the molecule is Cc1cccc(C(C)(C)[O])c1. The zero-order valence-electron chi connectivity index (χ0n) is 7.22. The second-order valence-corrected chi connectivity index (χ2v) is 3.38. The average Bonchev–Trinajstić information content (AvgIpc) is 1.86. The molecule has 59 valence electrons. The molecule has 1 aromatic rings. The summed E-state index contributed by atoms with van der Waals surface area (Å²) < 4.78 is 0. The van der Waals surface area contributed by atoms with Gasteiger partial charge in [-0.15, -0.1) is 0 Å². The molecule has 11 heavy (non-hydrogen) atoms. The third kappa shape index (κ3) is 2.05. The van der Waals surface area contributed by atoms with Crippen LogP contribution < -0.4 is 0 Å². The fraction of sp³-hybridized carbons (Fsp3) is 0.400. The van der Waals surface area contributed by atoms with Crippen molar-refractivity contribution in [3.05, 3.63) is 35.4 Å². The van der Waals surface area contributed by atoms with E-state index in [4.69, 9.17) is 0 Å². The maximum absolute atomic E-state index is 11.5. The first kappa shape index (κ1) is 8.28. The lowest BCUT2D eigenvalue weighted by Gasteiger charge is -2.14. The smallest absolute Gasteiger partial charge is 0.123 e. The summed E-state index contributed by atoms with van der Waals surface area (Å²) in [6.07, 6.45) is 0. The van der Waals surface area contributed by atoms with Crippen LogP contribution in [0.3, 0.4) is 0 Å². The monoisotopic (exact) mass is 149 g/mol. The lowest BCUT2D eigenvalue weighted by Crippen LogP contribution is -2.13. The number of aryl methyl sites for hydroxylation is 1. The van der Waals surface area contributed by atoms with E-state index < -0.39 is 5.60 Å². The van der Waals surface area contributed by atoms with E-state index in [9.17, 15) is 5.11 Å². The molecule has 0 atom stereocenters. The molecule has 1 aromatic carbocycles. The van der Waals surface area contributed by atoms with Crippen molar-refractivity contribution in [2.75, 3.05) is 0 Å². The van der Waals surface area contributed by atoms with Gasteiger partial charge in [-0.3, -0.25) is 0 Å². The van der Waals surface area contributed by atoms with Crippen LogP contribution in [0.25, 0.3) is 0 Å². The Labute approximate surface area is 67.7 Å². The Morgan fingerprint density at radius 1 is 1.27 bits per heavy atom. The van der Waals surface area contributed by atoms with Crippen LogP contribution in [0.1, 0.15) is 25.0 Å². The van der Waals surface area contributed by atoms with Gasteiger partial charge in [0.25, 0.3) is 0 Å². The van der Waals surface area contributed by atoms with Crippen LogP contribution >= 0.6 is 0 Å².